The van der Waals surface area contributed by atoms with Gasteiger partial charge in [-0.3, -0.25) is 0 Å². The molecule has 1 aliphatic heterocycles. The van der Waals surface area contributed by atoms with Gasteiger partial charge in [-0.05, 0) is 43.0 Å². The number of hydrogen-bond acceptors (Lipinski definition) is 1. The Morgan fingerprint density at radius 2 is 2.27 bits per heavy atom. The van der Waals surface area contributed by atoms with E-state index in [1.54, 1.807) is 0 Å². The Hall–Kier alpha value is -1.42. The predicted octanol–water partition coefficient (Wildman–Crippen LogP) is 2.82. The van der Waals surface area contributed by atoms with Gasteiger partial charge in [-0.15, -0.1) is 6.42 Å². The summed E-state index contributed by atoms with van der Waals surface area (Å²) < 4.78 is 0. The summed E-state index contributed by atoms with van der Waals surface area (Å²) >= 11 is 0. The first-order valence-electron chi connectivity index (χ1n) is 5.53. The second-order valence-corrected chi connectivity index (χ2v) is 4.48. The average Bonchev–Trinajstić information content (AvgIpc) is 2.65. The Labute approximate surface area is 92.1 Å². The lowest BCUT2D eigenvalue weighted by Crippen LogP contribution is -2.19. The highest BCUT2D eigenvalue weighted by atomic mass is 15.1. The number of aryl methyl sites for hydroxylation is 1. The predicted molar refractivity (Wildman–Crippen MR) is 65.1 cm³/mol. The van der Waals surface area contributed by atoms with E-state index in [0.717, 1.165) is 11.5 Å². The third-order valence-electron chi connectivity index (χ3n) is 3.15. The summed E-state index contributed by atoms with van der Waals surface area (Å²) in [5, 5.41) is 0. The van der Waals surface area contributed by atoms with Crippen LogP contribution in [-0.2, 0) is 0 Å². The van der Waals surface area contributed by atoms with E-state index in [2.05, 4.69) is 36.8 Å². The maximum absolute atomic E-state index is 5.41. The summed E-state index contributed by atoms with van der Waals surface area (Å²) in [5.74, 6) is 3.52. The van der Waals surface area contributed by atoms with Crippen LogP contribution in [0.5, 0.6) is 0 Å². The molecule has 1 aromatic rings. The number of anilines is 1. The van der Waals surface area contributed by atoms with E-state index < -0.39 is 0 Å². The number of rotatable bonds is 1. The van der Waals surface area contributed by atoms with Gasteiger partial charge in [0.05, 0.1) is 0 Å². The SMILES string of the molecule is C#Cc1ccc(N2CCC(C)C2)cc1C. The Kier molecular flexibility index (Phi) is 2.68. The molecule has 1 heteroatoms. The fraction of sp³-hybridized carbons (Fsp3) is 0.429. The molecule has 1 nitrogen and oxygen atoms in total. The molecular formula is C14H17N. The second kappa shape index (κ2) is 3.98. The van der Waals surface area contributed by atoms with Crippen molar-refractivity contribution in [2.24, 2.45) is 5.92 Å². The average molecular weight is 199 g/mol. The monoisotopic (exact) mass is 199 g/mol. The molecular weight excluding hydrogens is 182 g/mol. The molecule has 0 N–H and O–H groups in total. The number of nitrogens with zero attached hydrogens (tertiary/aromatic N) is 1. The molecule has 1 unspecified atom stereocenters. The van der Waals surface area contributed by atoms with Gasteiger partial charge in [0.25, 0.3) is 0 Å². The first-order chi connectivity index (χ1) is 7.20. The number of terminal acetylenes is 1. The molecule has 0 spiro atoms. The van der Waals surface area contributed by atoms with Gasteiger partial charge < -0.3 is 4.90 Å². The fourth-order valence-electron chi connectivity index (χ4n) is 2.18. The van der Waals surface area contributed by atoms with Crippen LogP contribution >= 0.6 is 0 Å². The third kappa shape index (κ3) is 1.99. The highest BCUT2D eigenvalue weighted by Gasteiger charge is 2.18. The third-order valence-corrected chi connectivity index (χ3v) is 3.15. The van der Waals surface area contributed by atoms with Crippen molar-refractivity contribution in [2.75, 3.05) is 18.0 Å². The molecule has 2 rings (SSSR count). The van der Waals surface area contributed by atoms with Crippen LogP contribution in [-0.4, -0.2) is 13.1 Å². The van der Waals surface area contributed by atoms with E-state index in [-0.39, 0.29) is 0 Å². The van der Waals surface area contributed by atoms with E-state index in [4.69, 9.17) is 6.42 Å². The summed E-state index contributed by atoms with van der Waals surface area (Å²) in [4.78, 5) is 2.44. The van der Waals surface area contributed by atoms with Crippen molar-refractivity contribution >= 4 is 5.69 Å². The molecule has 1 aliphatic rings. The first-order valence-corrected chi connectivity index (χ1v) is 5.53. The molecule has 1 fully saturated rings. The van der Waals surface area contributed by atoms with Crippen molar-refractivity contribution < 1.29 is 0 Å². The van der Waals surface area contributed by atoms with Gasteiger partial charge in [-0.1, -0.05) is 12.8 Å². The standard InChI is InChI=1S/C14H17N/c1-4-13-5-6-14(9-12(13)3)15-8-7-11(2)10-15/h1,5-6,9,11H,7-8,10H2,2-3H3. The van der Waals surface area contributed by atoms with Gasteiger partial charge in [0, 0.05) is 24.3 Å². The molecule has 0 radical (unpaired) electrons. The summed E-state index contributed by atoms with van der Waals surface area (Å²) in [6.45, 7) is 6.74. The highest BCUT2D eigenvalue weighted by molar-refractivity contribution is 5.54. The van der Waals surface area contributed by atoms with Gasteiger partial charge in [0.1, 0.15) is 0 Å². The maximum atomic E-state index is 5.41. The molecule has 1 heterocycles. The molecule has 15 heavy (non-hydrogen) atoms. The van der Waals surface area contributed by atoms with Gasteiger partial charge in [-0.25, -0.2) is 0 Å². The quantitative estimate of drug-likeness (QED) is 0.629. The molecule has 1 aromatic carbocycles. The molecule has 1 saturated heterocycles. The second-order valence-electron chi connectivity index (χ2n) is 4.48. The lowest BCUT2D eigenvalue weighted by molar-refractivity contribution is 0.659. The molecule has 0 aromatic heterocycles. The fourth-order valence-corrected chi connectivity index (χ4v) is 2.18. The number of hydrogen-bond donors (Lipinski definition) is 0. The summed E-state index contributed by atoms with van der Waals surface area (Å²) in [7, 11) is 0. The molecule has 0 amide bonds. The molecule has 0 aliphatic carbocycles. The van der Waals surface area contributed by atoms with Crippen molar-refractivity contribution in [1.29, 1.82) is 0 Å². The minimum absolute atomic E-state index is 0.817. The van der Waals surface area contributed by atoms with Crippen LogP contribution in [0.2, 0.25) is 0 Å². The maximum Gasteiger partial charge on any atom is 0.0369 e. The minimum Gasteiger partial charge on any atom is -0.371 e. The van der Waals surface area contributed by atoms with Crippen LogP contribution in [0.4, 0.5) is 5.69 Å². The van der Waals surface area contributed by atoms with E-state index in [1.807, 2.05) is 6.07 Å². The largest absolute Gasteiger partial charge is 0.371 e. The normalized spacial score (nSPS) is 20.3. The van der Waals surface area contributed by atoms with Crippen LogP contribution < -0.4 is 4.90 Å². The summed E-state index contributed by atoms with van der Waals surface area (Å²) in [6, 6.07) is 6.39. The van der Waals surface area contributed by atoms with Crippen molar-refractivity contribution in [1.82, 2.24) is 0 Å². The zero-order valence-electron chi connectivity index (χ0n) is 9.46. The lowest BCUT2D eigenvalue weighted by atomic mass is 10.1. The van der Waals surface area contributed by atoms with Crippen molar-refractivity contribution in [3.05, 3.63) is 29.3 Å². The van der Waals surface area contributed by atoms with E-state index in [0.29, 0.717) is 0 Å². The Bertz CT molecular complexity index is 400. The van der Waals surface area contributed by atoms with E-state index in [1.165, 1.54) is 30.8 Å². The van der Waals surface area contributed by atoms with Gasteiger partial charge in [-0.2, -0.15) is 0 Å². The van der Waals surface area contributed by atoms with Gasteiger partial charge in [0.15, 0.2) is 0 Å². The van der Waals surface area contributed by atoms with Crippen molar-refractivity contribution in [3.8, 4) is 12.3 Å². The molecule has 0 bridgehead atoms. The Morgan fingerprint density at radius 1 is 1.47 bits per heavy atom. The Morgan fingerprint density at radius 3 is 2.80 bits per heavy atom. The zero-order chi connectivity index (χ0) is 10.8. The van der Waals surface area contributed by atoms with Crippen LogP contribution in [0.15, 0.2) is 18.2 Å². The smallest absolute Gasteiger partial charge is 0.0369 e. The lowest BCUT2D eigenvalue weighted by Gasteiger charge is -2.19. The summed E-state index contributed by atoms with van der Waals surface area (Å²) in [5.41, 5.74) is 3.52. The Balaban J connectivity index is 2.24. The van der Waals surface area contributed by atoms with E-state index >= 15 is 0 Å². The topological polar surface area (TPSA) is 3.24 Å². The summed E-state index contributed by atoms with van der Waals surface area (Å²) in [6.07, 6.45) is 6.71. The number of benzene rings is 1. The molecule has 1 atom stereocenters. The van der Waals surface area contributed by atoms with Crippen LogP contribution in [0.1, 0.15) is 24.5 Å². The molecule has 0 saturated carbocycles. The van der Waals surface area contributed by atoms with Crippen LogP contribution in [0.25, 0.3) is 0 Å². The molecule has 78 valence electrons. The minimum atomic E-state index is 0.817. The highest BCUT2D eigenvalue weighted by Crippen LogP contribution is 2.25. The van der Waals surface area contributed by atoms with Gasteiger partial charge in [0.2, 0.25) is 0 Å². The van der Waals surface area contributed by atoms with E-state index in [9.17, 15) is 0 Å². The van der Waals surface area contributed by atoms with Crippen molar-refractivity contribution in [3.63, 3.8) is 0 Å². The zero-order valence-corrected chi connectivity index (χ0v) is 9.46. The van der Waals surface area contributed by atoms with Crippen molar-refractivity contribution in [2.45, 2.75) is 20.3 Å². The van der Waals surface area contributed by atoms with Crippen LogP contribution in [0, 0.1) is 25.2 Å². The van der Waals surface area contributed by atoms with Crippen LogP contribution in [0.3, 0.4) is 0 Å². The first kappa shape index (κ1) is 10.1. The van der Waals surface area contributed by atoms with Gasteiger partial charge >= 0.3 is 0 Å².